The first-order valence-electron chi connectivity index (χ1n) is 8.00. The number of hydrogen-bond donors (Lipinski definition) is 2. The highest BCUT2D eigenvalue weighted by atomic mass is 16.4. The minimum absolute atomic E-state index is 0.125. The molecule has 0 spiro atoms. The Labute approximate surface area is 135 Å². The lowest BCUT2D eigenvalue weighted by Crippen LogP contribution is -2.30. The number of aryl methyl sites for hydroxylation is 1. The molecule has 0 bridgehead atoms. The molecule has 0 radical (unpaired) electrons. The number of benzene rings is 1. The van der Waals surface area contributed by atoms with Gasteiger partial charge in [-0.25, -0.2) is 0 Å². The van der Waals surface area contributed by atoms with E-state index in [0.29, 0.717) is 11.3 Å². The van der Waals surface area contributed by atoms with E-state index < -0.39 is 6.10 Å². The zero-order valence-corrected chi connectivity index (χ0v) is 13.3. The number of carbonyl (C=O) groups excluding carboxylic acids is 1. The summed E-state index contributed by atoms with van der Waals surface area (Å²) in [6.07, 6.45) is 2.99. The summed E-state index contributed by atoms with van der Waals surface area (Å²) >= 11 is 0. The van der Waals surface area contributed by atoms with Gasteiger partial charge in [-0.15, -0.1) is 0 Å². The number of amides is 1. The molecule has 2 aromatic rings. The fraction of sp³-hybridized carbons (Fsp3) is 0.389. The van der Waals surface area contributed by atoms with Crippen molar-refractivity contribution in [3.63, 3.8) is 0 Å². The molecule has 1 aliphatic rings. The van der Waals surface area contributed by atoms with Crippen LogP contribution < -0.4 is 10.2 Å². The molecule has 0 aliphatic carbocycles. The second-order valence-electron chi connectivity index (χ2n) is 5.96. The number of aliphatic hydroxyl groups excluding tert-OH is 1. The Balaban J connectivity index is 1.72. The van der Waals surface area contributed by atoms with E-state index in [2.05, 4.69) is 10.2 Å². The maximum atomic E-state index is 12.6. The third-order valence-electron chi connectivity index (χ3n) is 4.17. The van der Waals surface area contributed by atoms with Crippen LogP contribution in [0.25, 0.3) is 0 Å². The van der Waals surface area contributed by atoms with Gasteiger partial charge in [0.25, 0.3) is 5.91 Å². The second-order valence-corrected chi connectivity index (χ2v) is 5.96. The third kappa shape index (κ3) is 3.56. The van der Waals surface area contributed by atoms with E-state index in [9.17, 15) is 9.90 Å². The average Bonchev–Trinajstić information content (AvgIpc) is 3.25. The fourth-order valence-electron chi connectivity index (χ4n) is 2.93. The van der Waals surface area contributed by atoms with Crippen LogP contribution >= 0.6 is 0 Å². The molecule has 23 heavy (non-hydrogen) atoms. The Morgan fingerprint density at radius 2 is 2.13 bits per heavy atom. The summed E-state index contributed by atoms with van der Waals surface area (Å²) in [6, 6.07) is 9.36. The number of rotatable bonds is 5. The van der Waals surface area contributed by atoms with Crippen LogP contribution in [-0.4, -0.2) is 30.6 Å². The average molecular weight is 314 g/mol. The van der Waals surface area contributed by atoms with Crippen molar-refractivity contribution in [2.75, 3.05) is 24.5 Å². The number of nitrogens with zero attached hydrogens (tertiary/aromatic N) is 1. The molecule has 5 nitrogen and oxygen atoms in total. The number of anilines is 1. The smallest absolute Gasteiger partial charge is 0.253 e. The third-order valence-corrected chi connectivity index (χ3v) is 4.17. The fourth-order valence-corrected chi connectivity index (χ4v) is 2.93. The van der Waals surface area contributed by atoms with E-state index in [1.54, 1.807) is 12.1 Å². The van der Waals surface area contributed by atoms with Crippen molar-refractivity contribution in [3.8, 4) is 0 Å². The molecular weight excluding hydrogens is 292 g/mol. The van der Waals surface area contributed by atoms with Crippen LogP contribution in [0.3, 0.4) is 0 Å². The van der Waals surface area contributed by atoms with E-state index in [0.717, 1.165) is 37.2 Å². The maximum Gasteiger partial charge on any atom is 0.253 e. The van der Waals surface area contributed by atoms with Crippen molar-refractivity contribution in [1.82, 2.24) is 5.32 Å². The molecule has 122 valence electrons. The van der Waals surface area contributed by atoms with E-state index in [4.69, 9.17) is 4.42 Å². The Kier molecular flexibility index (Phi) is 4.67. The first-order chi connectivity index (χ1) is 11.1. The van der Waals surface area contributed by atoms with Gasteiger partial charge in [0.2, 0.25) is 0 Å². The summed E-state index contributed by atoms with van der Waals surface area (Å²) in [5, 5.41) is 12.8. The van der Waals surface area contributed by atoms with Gasteiger partial charge in [0.15, 0.2) is 0 Å². The Bertz CT molecular complexity index is 661. The largest absolute Gasteiger partial charge is 0.467 e. The molecule has 1 unspecified atom stereocenters. The topological polar surface area (TPSA) is 65.7 Å². The molecule has 5 heteroatoms. The molecule has 1 saturated heterocycles. The van der Waals surface area contributed by atoms with E-state index in [-0.39, 0.29) is 12.5 Å². The zero-order valence-electron chi connectivity index (χ0n) is 13.3. The van der Waals surface area contributed by atoms with Crippen LogP contribution in [0.4, 0.5) is 5.69 Å². The molecule has 2 N–H and O–H groups in total. The highest BCUT2D eigenvalue weighted by Gasteiger charge is 2.20. The van der Waals surface area contributed by atoms with Crippen molar-refractivity contribution < 1.29 is 14.3 Å². The molecule has 1 aromatic carbocycles. The molecular formula is C18H22N2O3. The van der Waals surface area contributed by atoms with Gasteiger partial charge < -0.3 is 19.7 Å². The quantitative estimate of drug-likeness (QED) is 0.890. The van der Waals surface area contributed by atoms with Crippen LogP contribution in [0.15, 0.2) is 41.0 Å². The highest BCUT2D eigenvalue weighted by molar-refractivity contribution is 6.00. The van der Waals surface area contributed by atoms with E-state index in [1.165, 1.54) is 6.26 Å². The number of hydrogen-bond acceptors (Lipinski definition) is 4. The minimum atomic E-state index is -0.839. The van der Waals surface area contributed by atoms with Crippen LogP contribution in [-0.2, 0) is 0 Å². The lowest BCUT2D eigenvalue weighted by molar-refractivity contribution is 0.0901. The molecule has 1 fully saturated rings. The highest BCUT2D eigenvalue weighted by Crippen LogP contribution is 2.26. The Morgan fingerprint density at radius 3 is 2.83 bits per heavy atom. The number of carbonyl (C=O) groups is 1. The maximum absolute atomic E-state index is 12.6. The Morgan fingerprint density at radius 1 is 1.35 bits per heavy atom. The number of aliphatic hydroxyl groups is 1. The minimum Gasteiger partial charge on any atom is -0.467 e. The van der Waals surface area contributed by atoms with Gasteiger partial charge in [-0.2, -0.15) is 0 Å². The van der Waals surface area contributed by atoms with Gasteiger partial charge in [-0.1, -0.05) is 11.6 Å². The molecule has 1 aromatic heterocycles. The predicted octanol–water partition coefficient (Wildman–Crippen LogP) is 2.65. The van der Waals surface area contributed by atoms with Crippen LogP contribution in [0.2, 0.25) is 0 Å². The van der Waals surface area contributed by atoms with Crippen LogP contribution in [0, 0.1) is 6.92 Å². The van der Waals surface area contributed by atoms with Crippen LogP contribution in [0.5, 0.6) is 0 Å². The van der Waals surface area contributed by atoms with Crippen molar-refractivity contribution in [1.29, 1.82) is 0 Å². The van der Waals surface area contributed by atoms with Crippen molar-refractivity contribution in [2.24, 2.45) is 0 Å². The molecule has 1 atom stereocenters. The number of nitrogens with one attached hydrogen (secondary N) is 1. The lowest BCUT2D eigenvalue weighted by Gasteiger charge is -2.21. The summed E-state index contributed by atoms with van der Waals surface area (Å²) in [6.45, 7) is 4.07. The summed E-state index contributed by atoms with van der Waals surface area (Å²) in [5.41, 5.74) is 2.68. The number of furan rings is 1. The normalized spacial score (nSPS) is 15.7. The summed E-state index contributed by atoms with van der Waals surface area (Å²) < 4.78 is 5.15. The van der Waals surface area contributed by atoms with Gasteiger partial charge in [0, 0.05) is 18.8 Å². The predicted molar refractivity (Wildman–Crippen MR) is 88.6 cm³/mol. The van der Waals surface area contributed by atoms with Crippen molar-refractivity contribution in [2.45, 2.75) is 25.9 Å². The van der Waals surface area contributed by atoms with Gasteiger partial charge >= 0.3 is 0 Å². The van der Waals surface area contributed by atoms with E-state index >= 15 is 0 Å². The molecule has 0 saturated carbocycles. The van der Waals surface area contributed by atoms with Crippen molar-refractivity contribution in [3.05, 3.63) is 53.5 Å². The molecule has 1 aliphatic heterocycles. The standard InChI is InChI=1S/C18H22N2O3/c1-13-6-7-15(20-8-2-3-9-20)14(11-13)18(22)19-12-16(21)17-5-4-10-23-17/h4-7,10-11,16,21H,2-3,8-9,12H2,1H3,(H,19,22). The molecule has 3 rings (SSSR count). The summed E-state index contributed by atoms with van der Waals surface area (Å²) in [7, 11) is 0. The van der Waals surface area contributed by atoms with E-state index in [1.807, 2.05) is 25.1 Å². The monoisotopic (exact) mass is 314 g/mol. The van der Waals surface area contributed by atoms with Crippen LogP contribution in [0.1, 0.15) is 40.6 Å². The summed E-state index contributed by atoms with van der Waals surface area (Å²) in [4.78, 5) is 14.8. The van der Waals surface area contributed by atoms with Crippen molar-refractivity contribution >= 4 is 11.6 Å². The first-order valence-corrected chi connectivity index (χ1v) is 8.00. The Hall–Kier alpha value is -2.27. The van der Waals surface area contributed by atoms with Gasteiger partial charge in [0.1, 0.15) is 11.9 Å². The SMILES string of the molecule is Cc1ccc(N2CCCC2)c(C(=O)NCC(O)c2ccco2)c1. The first kappa shape index (κ1) is 15.6. The summed E-state index contributed by atoms with van der Waals surface area (Å²) in [5.74, 6) is 0.288. The van der Waals surface area contributed by atoms with Gasteiger partial charge in [-0.3, -0.25) is 4.79 Å². The molecule has 1 amide bonds. The van der Waals surface area contributed by atoms with Gasteiger partial charge in [0.05, 0.1) is 18.4 Å². The zero-order chi connectivity index (χ0) is 16.2. The van der Waals surface area contributed by atoms with Gasteiger partial charge in [-0.05, 0) is 44.0 Å². The second kappa shape index (κ2) is 6.87. The molecule has 2 heterocycles. The lowest BCUT2D eigenvalue weighted by atomic mass is 10.1.